The number of hydrogen-bond donors (Lipinski definition) is 2. The average Bonchev–Trinajstić information content (AvgIpc) is 2.77. The molecule has 0 aliphatic heterocycles. The number of anilines is 2. The summed E-state index contributed by atoms with van der Waals surface area (Å²) in [6.45, 7) is 0. The van der Waals surface area contributed by atoms with Crippen LogP contribution in [0.5, 0.6) is 0 Å². The van der Waals surface area contributed by atoms with Crippen LogP contribution in [0.2, 0.25) is 0 Å². The Morgan fingerprint density at radius 2 is 2.00 bits per heavy atom. The van der Waals surface area contributed by atoms with Crippen molar-refractivity contribution in [3.8, 4) is 0 Å². The van der Waals surface area contributed by atoms with E-state index >= 15 is 0 Å². The van der Waals surface area contributed by atoms with Crippen molar-refractivity contribution in [3.05, 3.63) is 41.2 Å². The van der Waals surface area contributed by atoms with Crippen LogP contribution < -0.4 is 10.0 Å². The molecule has 1 heterocycles. The Morgan fingerprint density at radius 3 is 2.62 bits per heavy atom. The maximum Gasteiger partial charge on any atom is 0.231 e. The van der Waals surface area contributed by atoms with Gasteiger partial charge in [0, 0.05) is 11.1 Å². The van der Waals surface area contributed by atoms with Crippen LogP contribution in [-0.4, -0.2) is 25.6 Å². The summed E-state index contributed by atoms with van der Waals surface area (Å²) in [5, 5.41) is 4.40. The van der Waals surface area contributed by atoms with Crippen molar-refractivity contribution in [1.29, 1.82) is 0 Å². The highest BCUT2D eigenvalue weighted by atomic mass is 32.2. The lowest BCUT2D eigenvalue weighted by atomic mass is 10.3. The Balaban J connectivity index is 1.95. The fourth-order valence-corrected chi connectivity index (χ4v) is 3.06. The van der Waals surface area contributed by atoms with Gasteiger partial charge in [-0.1, -0.05) is 0 Å². The van der Waals surface area contributed by atoms with E-state index in [1.165, 1.54) is 24.3 Å². The van der Waals surface area contributed by atoms with Crippen molar-refractivity contribution in [2.24, 2.45) is 0 Å². The zero-order valence-corrected chi connectivity index (χ0v) is 12.6. The number of rotatable bonds is 5. The third-order valence-electron chi connectivity index (χ3n) is 2.29. The van der Waals surface area contributed by atoms with E-state index in [2.05, 4.69) is 15.0 Å². The van der Waals surface area contributed by atoms with Crippen molar-refractivity contribution in [1.82, 2.24) is 4.98 Å². The number of nitrogens with zero attached hydrogens (tertiary/aromatic N) is 1. The number of thiazole rings is 1. The molecule has 1 amide bonds. The van der Waals surface area contributed by atoms with Gasteiger partial charge in [0.1, 0.15) is 5.82 Å². The van der Waals surface area contributed by atoms with E-state index in [1.807, 2.05) is 0 Å². The zero-order valence-electron chi connectivity index (χ0n) is 11.0. The summed E-state index contributed by atoms with van der Waals surface area (Å²) in [6.07, 6.45) is 1.02. The maximum absolute atomic E-state index is 12.7. The van der Waals surface area contributed by atoms with Gasteiger partial charge < -0.3 is 5.32 Å². The Labute approximate surface area is 125 Å². The molecule has 0 aliphatic carbocycles. The summed E-state index contributed by atoms with van der Waals surface area (Å²) < 4.78 is 37.1. The van der Waals surface area contributed by atoms with Gasteiger partial charge in [-0.3, -0.25) is 9.52 Å². The third-order valence-corrected chi connectivity index (χ3v) is 3.79. The van der Waals surface area contributed by atoms with Gasteiger partial charge in [0.2, 0.25) is 15.9 Å². The minimum absolute atomic E-state index is 0.000676. The lowest BCUT2D eigenvalue weighted by Gasteiger charge is -2.03. The van der Waals surface area contributed by atoms with Crippen LogP contribution in [0.15, 0.2) is 29.6 Å². The van der Waals surface area contributed by atoms with E-state index in [-0.39, 0.29) is 23.3 Å². The lowest BCUT2D eigenvalue weighted by molar-refractivity contribution is -0.115. The summed E-state index contributed by atoms with van der Waals surface area (Å²) in [4.78, 5) is 15.8. The number of halogens is 1. The van der Waals surface area contributed by atoms with Gasteiger partial charge in [0.15, 0.2) is 5.13 Å². The molecule has 0 bridgehead atoms. The van der Waals surface area contributed by atoms with E-state index in [9.17, 15) is 17.6 Å². The molecule has 0 radical (unpaired) electrons. The van der Waals surface area contributed by atoms with Gasteiger partial charge >= 0.3 is 0 Å². The largest absolute Gasteiger partial charge is 0.326 e. The second kappa shape index (κ2) is 6.19. The SMILES string of the molecule is CS(=O)(=O)Nc1nc(CC(=O)Nc2ccc(F)cc2)cs1. The molecule has 0 spiro atoms. The molecule has 2 N–H and O–H groups in total. The predicted octanol–water partition coefficient (Wildman–Crippen LogP) is 1.83. The van der Waals surface area contributed by atoms with Crippen molar-refractivity contribution in [2.45, 2.75) is 6.42 Å². The molecule has 2 aromatic rings. The number of nitrogens with one attached hydrogen (secondary N) is 2. The van der Waals surface area contributed by atoms with Gasteiger partial charge in [-0.2, -0.15) is 0 Å². The fraction of sp³-hybridized carbons (Fsp3) is 0.167. The van der Waals surface area contributed by atoms with Gasteiger partial charge in [-0.05, 0) is 24.3 Å². The fourth-order valence-electron chi connectivity index (χ4n) is 1.50. The summed E-state index contributed by atoms with van der Waals surface area (Å²) in [5.41, 5.74) is 0.928. The molecule has 0 fully saturated rings. The van der Waals surface area contributed by atoms with E-state index in [0.717, 1.165) is 17.6 Å². The highest BCUT2D eigenvalue weighted by Gasteiger charge is 2.10. The Bertz CT molecular complexity index is 741. The molecule has 0 saturated heterocycles. The van der Waals surface area contributed by atoms with E-state index in [0.29, 0.717) is 11.4 Å². The molecule has 21 heavy (non-hydrogen) atoms. The van der Waals surface area contributed by atoms with Crippen LogP contribution in [-0.2, 0) is 21.2 Å². The molecule has 0 saturated carbocycles. The summed E-state index contributed by atoms with van der Waals surface area (Å²) in [5.74, 6) is -0.707. The van der Waals surface area contributed by atoms with Crippen molar-refractivity contribution in [2.75, 3.05) is 16.3 Å². The van der Waals surface area contributed by atoms with E-state index < -0.39 is 10.0 Å². The Kier molecular flexibility index (Phi) is 4.53. The summed E-state index contributed by atoms with van der Waals surface area (Å²) in [7, 11) is -3.38. The van der Waals surface area contributed by atoms with Crippen LogP contribution in [0.4, 0.5) is 15.2 Å². The predicted molar refractivity (Wildman–Crippen MR) is 79.3 cm³/mol. The van der Waals surface area contributed by atoms with Gasteiger partial charge in [0.25, 0.3) is 0 Å². The van der Waals surface area contributed by atoms with E-state index in [1.54, 1.807) is 5.38 Å². The first kappa shape index (κ1) is 15.4. The van der Waals surface area contributed by atoms with Gasteiger partial charge in [-0.25, -0.2) is 17.8 Å². The number of sulfonamides is 1. The van der Waals surface area contributed by atoms with Gasteiger partial charge in [0.05, 0.1) is 18.4 Å². The smallest absolute Gasteiger partial charge is 0.231 e. The number of amides is 1. The average molecular weight is 329 g/mol. The number of aromatic nitrogens is 1. The molecule has 0 atom stereocenters. The lowest BCUT2D eigenvalue weighted by Crippen LogP contribution is -2.15. The minimum Gasteiger partial charge on any atom is -0.326 e. The number of benzene rings is 1. The standard InChI is InChI=1S/C12H12FN3O3S2/c1-21(18,19)16-12-15-10(7-20-12)6-11(17)14-9-4-2-8(13)3-5-9/h2-5,7H,6H2,1H3,(H,14,17)(H,15,16). The maximum atomic E-state index is 12.7. The van der Waals surface area contributed by atoms with Crippen LogP contribution >= 0.6 is 11.3 Å². The van der Waals surface area contributed by atoms with Crippen LogP contribution in [0.1, 0.15) is 5.69 Å². The first-order valence-corrected chi connectivity index (χ1v) is 8.56. The van der Waals surface area contributed by atoms with Crippen molar-refractivity contribution in [3.63, 3.8) is 0 Å². The van der Waals surface area contributed by atoms with E-state index in [4.69, 9.17) is 0 Å². The number of carbonyl (C=O) groups excluding carboxylic acids is 1. The van der Waals surface area contributed by atoms with Crippen LogP contribution in [0.3, 0.4) is 0 Å². The second-order valence-corrected chi connectivity index (χ2v) is 6.86. The quantitative estimate of drug-likeness (QED) is 0.876. The molecule has 2 rings (SSSR count). The first-order chi connectivity index (χ1) is 9.82. The monoisotopic (exact) mass is 329 g/mol. The molecule has 0 aliphatic rings. The Morgan fingerprint density at radius 1 is 1.33 bits per heavy atom. The molecular weight excluding hydrogens is 317 g/mol. The van der Waals surface area contributed by atoms with Crippen molar-refractivity contribution < 1.29 is 17.6 Å². The molecule has 9 heteroatoms. The molecule has 112 valence electrons. The van der Waals surface area contributed by atoms with Crippen LogP contribution in [0.25, 0.3) is 0 Å². The molecule has 0 unspecified atom stereocenters. The van der Waals surface area contributed by atoms with Crippen LogP contribution in [0, 0.1) is 5.82 Å². The molecule has 1 aromatic heterocycles. The number of hydrogen-bond acceptors (Lipinski definition) is 5. The first-order valence-electron chi connectivity index (χ1n) is 5.79. The normalized spacial score (nSPS) is 11.1. The van der Waals surface area contributed by atoms with Gasteiger partial charge in [-0.15, -0.1) is 11.3 Å². The summed E-state index contributed by atoms with van der Waals surface area (Å²) >= 11 is 1.10. The summed E-state index contributed by atoms with van der Waals surface area (Å²) in [6, 6.07) is 5.38. The second-order valence-electron chi connectivity index (χ2n) is 4.25. The molecule has 6 nitrogen and oxygen atoms in total. The zero-order chi connectivity index (χ0) is 15.5. The molecular formula is C12H12FN3O3S2. The highest BCUT2D eigenvalue weighted by Crippen LogP contribution is 2.17. The third kappa shape index (κ3) is 5.12. The highest BCUT2D eigenvalue weighted by molar-refractivity contribution is 7.92. The minimum atomic E-state index is -3.38. The Hall–Kier alpha value is -2.00. The topological polar surface area (TPSA) is 88.2 Å². The molecule has 1 aromatic carbocycles. The number of carbonyl (C=O) groups is 1. The van der Waals surface area contributed by atoms with Crippen molar-refractivity contribution >= 4 is 38.1 Å².